The molecule has 1 amide bonds. The summed E-state index contributed by atoms with van der Waals surface area (Å²) in [5.41, 5.74) is 2.21. The molecule has 1 aliphatic carbocycles. The molecule has 27 heavy (non-hydrogen) atoms. The van der Waals surface area contributed by atoms with Crippen molar-refractivity contribution < 1.29 is 19.1 Å². The smallest absolute Gasteiger partial charge is 0.338 e. The molecule has 1 saturated carbocycles. The fraction of sp³-hybridized carbons (Fsp3) is 0.364. The van der Waals surface area contributed by atoms with E-state index in [2.05, 4.69) is 5.32 Å². The largest absolute Gasteiger partial charge is 0.497 e. The number of esters is 1. The van der Waals surface area contributed by atoms with Gasteiger partial charge in [0.05, 0.1) is 19.3 Å². The van der Waals surface area contributed by atoms with Crippen LogP contribution >= 0.6 is 0 Å². The molecule has 1 fully saturated rings. The van der Waals surface area contributed by atoms with Crippen molar-refractivity contribution in [2.24, 2.45) is 5.92 Å². The van der Waals surface area contributed by atoms with Crippen LogP contribution in [0.15, 0.2) is 48.5 Å². The molecule has 5 heteroatoms. The Kier molecular flexibility index (Phi) is 6.12. The first kappa shape index (κ1) is 19.0. The van der Waals surface area contributed by atoms with Gasteiger partial charge in [0, 0.05) is 11.6 Å². The van der Waals surface area contributed by atoms with E-state index < -0.39 is 0 Å². The van der Waals surface area contributed by atoms with Gasteiger partial charge in [-0.05, 0) is 54.7 Å². The van der Waals surface area contributed by atoms with E-state index in [1.165, 1.54) is 0 Å². The molecule has 2 atom stereocenters. The lowest BCUT2D eigenvalue weighted by Crippen LogP contribution is -2.15. The van der Waals surface area contributed by atoms with Gasteiger partial charge in [0.2, 0.25) is 5.91 Å². The van der Waals surface area contributed by atoms with Gasteiger partial charge in [-0.15, -0.1) is 0 Å². The quantitative estimate of drug-likeness (QED) is 0.555. The van der Waals surface area contributed by atoms with Crippen molar-refractivity contribution in [2.45, 2.75) is 32.1 Å². The van der Waals surface area contributed by atoms with E-state index in [4.69, 9.17) is 9.47 Å². The van der Waals surface area contributed by atoms with Crippen molar-refractivity contribution in [3.63, 3.8) is 0 Å². The van der Waals surface area contributed by atoms with Gasteiger partial charge >= 0.3 is 5.97 Å². The Labute approximate surface area is 159 Å². The molecule has 0 spiro atoms. The van der Waals surface area contributed by atoms with Gasteiger partial charge in [0.25, 0.3) is 0 Å². The van der Waals surface area contributed by atoms with E-state index in [0.717, 1.165) is 30.6 Å². The Balaban J connectivity index is 1.57. The Morgan fingerprint density at radius 3 is 2.63 bits per heavy atom. The first-order valence-electron chi connectivity index (χ1n) is 9.34. The molecular weight excluding hydrogens is 342 g/mol. The number of hydrogen-bond acceptors (Lipinski definition) is 4. The van der Waals surface area contributed by atoms with E-state index in [1.54, 1.807) is 31.4 Å². The van der Waals surface area contributed by atoms with Gasteiger partial charge in [-0.2, -0.15) is 0 Å². The normalized spacial score (nSPS) is 17.9. The van der Waals surface area contributed by atoms with E-state index >= 15 is 0 Å². The molecule has 0 bridgehead atoms. The zero-order valence-corrected chi connectivity index (χ0v) is 15.7. The van der Waals surface area contributed by atoms with Gasteiger partial charge in [-0.3, -0.25) is 4.79 Å². The zero-order valence-electron chi connectivity index (χ0n) is 15.7. The zero-order chi connectivity index (χ0) is 19.2. The second kappa shape index (κ2) is 8.71. The predicted octanol–water partition coefficient (Wildman–Crippen LogP) is 4.39. The maximum absolute atomic E-state index is 12.5. The molecule has 2 aromatic carbocycles. The fourth-order valence-corrected chi connectivity index (χ4v) is 3.06. The number of hydrogen-bond donors (Lipinski definition) is 1. The molecule has 3 rings (SSSR count). The van der Waals surface area contributed by atoms with E-state index in [9.17, 15) is 9.59 Å². The summed E-state index contributed by atoms with van der Waals surface area (Å²) in [6, 6.07) is 14.7. The van der Waals surface area contributed by atoms with Crippen LogP contribution in [0.2, 0.25) is 0 Å². The van der Waals surface area contributed by atoms with Crippen LogP contribution in [0, 0.1) is 5.92 Å². The third-order valence-electron chi connectivity index (χ3n) is 4.77. The predicted molar refractivity (Wildman–Crippen MR) is 104 cm³/mol. The Bertz CT molecular complexity index is 800. The third-order valence-corrected chi connectivity index (χ3v) is 4.77. The number of anilines is 1. The van der Waals surface area contributed by atoms with Crippen LogP contribution in [0.25, 0.3) is 0 Å². The standard InChI is InChI=1S/C22H25NO4/c1-3-4-12-27-22(25)16-6-5-7-17(13-16)23-21(24)20-14-19(20)15-8-10-18(26-2)11-9-15/h5-11,13,19-20H,3-4,12,14H2,1-2H3,(H,23,24). The summed E-state index contributed by atoms with van der Waals surface area (Å²) in [5.74, 6) is 0.620. The molecule has 0 aliphatic heterocycles. The van der Waals surface area contributed by atoms with Gasteiger partial charge in [-0.25, -0.2) is 4.79 Å². The summed E-state index contributed by atoms with van der Waals surface area (Å²) >= 11 is 0. The number of carbonyl (C=O) groups is 2. The molecule has 1 aliphatic rings. The number of nitrogens with one attached hydrogen (secondary N) is 1. The molecule has 5 nitrogen and oxygen atoms in total. The van der Waals surface area contributed by atoms with Crippen LogP contribution in [0.4, 0.5) is 5.69 Å². The SMILES string of the molecule is CCCCOC(=O)c1cccc(NC(=O)C2CC2c2ccc(OC)cc2)c1. The summed E-state index contributed by atoms with van der Waals surface area (Å²) in [5, 5.41) is 2.92. The number of rotatable bonds is 8. The minimum Gasteiger partial charge on any atom is -0.497 e. The highest BCUT2D eigenvalue weighted by atomic mass is 16.5. The van der Waals surface area contributed by atoms with Gasteiger partial charge in [0.1, 0.15) is 5.75 Å². The molecule has 0 saturated heterocycles. The second-order valence-corrected chi connectivity index (χ2v) is 6.78. The molecule has 0 aromatic heterocycles. The Morgan fingerprint density at radius 2 is 1.93 bits per heavy atom. The van der Waals surface area contributed by atoms with Crippen molar-refractivity contribution >= 4 is 17.6 Å². The molecule has 2 unspecified atom stereocenters. The third kappa shape index (κ3) is 4.88. The Morgan fingerprint density at radius 1 is 1.15 bits per heavy atom. The number of ether oxygens (including phenoxy) is 2. The average Bonchev–Trinajstić information content (AvgIpc) is 3.49. The molecule has 142 valence electrons. The van der Waals surface area contributed by atoms with Gasteiger partial charge in [-0.1, -0.05) is 31.5 Å². The van der Waals surface area contributed by atoms with Crippen LogP contribution in [-0.4, -0.2) is 25.6 Å². The monoisotopic (exact) mass is 367 g/mol. The van der Waals surface area contributed by atoms with Crippen molar-refractivity contribution in [3.05, 3.63) is 59.7 Å². The van der Waals surface area contributed by atoms with Crippen molar-refractivity contribution in [2.75, 3.05) is 19.0 Å². The fourth-order valence-electron chi connectivity index (χ4n) is 3.06. The van der Waals surface area contributed by atoms with E-state index in [-0.39, 0.29) is 23.7 Å². The van der Waals surface area contributed by atoms with Crippen LogP contribution < -0.4 is 10.1 Å². The summed E-state index contributed by atoms with van der Waals surface area (Å²) in [6.07, 6.45) is 2.65. The van der Waals surface area contributed by atoms with Gasteiger partial charge in [0.15, 0.2) is 0 Å². The molecule has 0 radical (unpaired) electrons. The van der Waals surface area contributed by atoms with Crippen LogP contribution in [0.1, 0.15) is 48.0 Å². The van der Waals surface area contributed by atoms with Crippen molar-refractivity contribution in [3.8, 4) is 5.75 Å². The molecule has 0 heterocycles. The van der Waals surface area contributed by atoms with Crippen molar-refractivity contribution in [1.82, 2.24) is 0 Å². The highest BCUT2D eigenvalue weighted by Gasteiger charge is 2.43. The van der Waals surface area contributed by atoms with Crippen LogP contribution in [0.5, 0.6) is 5.75 Å². The maximum Gasteiger partial charge on any atom is 0.338 e. The number of methoxy groups -OCH3 is 1. The number of carbonyl (C=O) groups excluding carboxylic acids is 2. The summed E-state index contributed by atoms with van der Waals surface area (Å²) in [6.45, 7) is 2.46. The van der Waals surface area contributed by atoms with Crippen LogP contribution in [-0.2, 0) is 9.53 Å². The number of benzene rings is 2. The topological polar surface area (TPSA) is 64.6 Å². The maximum atomic E-state index is 12.5. The van der Waals surface area contributed by atoms with E-state index in [0.29, 0.717) is 17.9 Å². The first-order chi connectivity index (χ1) is 13.1. The summed E-state index contributed by atoms with van der Waals surface area (Å²) in [7, 11) is 1.64. The van der Waals surface area contributed by atoms with Crippen molar-refractivity contribution in [1.29, 1.82) is 0 Å². The van der Waals surface area contributed by atoms with Crippen LogP contribution in [0.3, 0.4) is 0 Å². The lowest BCUT2D eigenvalue weighted by molar-refractivity contribution is -0.117. The average molecular weight is 367 g/mol. The molecule has 2 aromatic rings. The van der Waals surface area contributed by atoms with Gasteiger partial charge < -0.3 is 14.8 Å². The molecular formula is C22H25NO4. The highest BCUT2D eigenvalue weighted by Crippen LogP contribution is 2.48. The summed E-state index contributed by atoms with van der Waals surface area (Å²) < 4.78 is 10.4. The molecule has 1 N–H and O–H groups in total. The van der Waals surface area contributed by atoms with E-state index in [1.807, 2.05) is 31.2 Å². The highest BCUT2D eigenvalue weighted by molar-refractivity contribution is 5.97. The number of unbranched alkanes of at least 4 members (excludes halogenated alkanes) is 1. The number of amides is 1. The lowest BCUT2D eigenvalue weighted by Gasteiger charge is -2.08. The summed E-state index contributed by atoms with van der Waals surface area (Å²) in [4.78, 5) is 24.6. The second-order valence-electron chi connectivity index (χ2n) is 6.78. The Hall–Kier alpha value is -2.82. The lowest BCUT2D eigenvalue weighted by atomic mass is 10.1. The minimum atomic E-state index is -0.359. The minimum absolute atomic E-state index is 0.0210. The first-order valence-corrected chi connectivity index (χ1v) is 9.34.